The second kappa shape index (κ2) is 11.1. The van der Waals surface area contributed by atoms with Crippen LogP contribution in [0.4, 0.5) is 0 Å². The number of hydrogen-bond acceptors (Lipinski definition) is 8. The monoisotopic (exact) mass is 593 g/mol. The van der Waals surface area contributed by atoms with E-state index in [0.29, 0.717) is 17.7 Å². The molecule has 0 aliphatic heterocycles. The zero-order chi connectivity index (χ0) is 31.6. The van der Waals surface area contributed by atoms with Crippen molar-refractivity contribution < 1.29 is 39.0 Å². The molecule has 232 valence electrons. The van der Waals surface area contributed by atoms with Gasteiger partial charge in [-0.2, -0.15) is 0 Å². The Morgan fingerprint density at radius 1 is 1.05 bits per heavy atom. The molecule has 1 amide bonds. The molecule has 5 rings (SSSR count). The van der Waals surface area contributed by atoms with Crippen molar-refractivity contribution >= 4 is 34.8 Å². The molecule has 43 heavy (non-hydrogen) atoms. The Hall–Kier alpha value is -3.20. The number of benzene rings is 1. The number of amides is 1. The number of Topliss-reactive ketones (excluding diaryl/α,β-unsaturated/α-hetero) is 5. The molecule has 9 nitrogen and oxygen atoms in total. The summed E-state index contributed by atoms with van der Waals surface area (Å²) in [6.07, 6.45) is 3.55. The number of phenolic OH excluding ortho intramolecular Hbond substituents is 1. The van der Waals surface area contributed by atoms with Gasteiger partial charge in [-0.15, -0.1) is 0 Å². The molecule has 0 radical (unpaired) electrons. The lowest BCUT2D eigenvalue weighted by Crippen LogP contribution is -2.71. The van der Waals surface area contributed by atoms with Gasteiger partial charge in [0, 0.05) is 31.7 Å². The van der Waals surface area contributed by atoms with E-state index in [-0.39, 0.29) is 35.9 Å². The summed E-state index contributed by atoms with van der Waals surface area (Å²) < 4.78 is 0. The molecule has 0 bridgehead atoms. The van der Waals surface area contributed by atoms with E-state index in [1.807, 2.05) is 27.7 Å². The molecule has 7 atom stereocenters. The van der Waals surface area contributed by atoms with E-state index in [1.54, 1.807) is 19.1 Å². The highest BCUT2D eigenvalue weighted by Gasteiger charge is 2.70. The van der Waals surface area contributed by atoms with Crippen molar-refractivity contribution in [2.24, 2.45) is 35.5 Å². The number of carbonyl (C=O) groups excluding carboxylic acids is 6. The SMILES string of the molecule is CCC(=O)C[C@H]1[C@H]2C(C(=O)c3c(ccc(C(C)(C)C)c3O)[C@@H]2C)C(=O)[C@]2(O)C(=O)C(C(=O)NCC3CCCC3)C(=O)C[C@H]12. The van der Waals surface area contributed by atoms with E-state index in [1.165, 1.54) is 0 Å². The van der Waals surface area contributed by atoms with Crippen LogP contribution in [0.25, 0.3) is 0 Å². The van der Waals surface area contributed by atoms with Crippen LogP contribution in [0.15, 0.2) is 12.1 Å². The number of carbonyl (C=O) groups is 6. The third-order valence-electron chi connectivity index (χ3n) is 10.7. The van der Waals surface area contributed by atoms with Gasteiger partial charge in [0.1, 0.15) is 11.5 Å². The molecule has 0 spiro atoms. The summed E-state index contributed by atoms with van der Waals surface area (Å²) >= 11 is 0. The van der Waals surface area contributed by atoms with Crippen LogP contribution in [0.5, 0.6) is 5.75 Å². The Morgan fingerprint density at radius 3 is 2.30 bits per heavy atom. The van der Waals surface area contributed by atoms with Gasteiger partial charge in [0.2, 0.25) is 5.91 Å². The fourth-order valence-corrected chi connectivity index (χ4v) is 8.40. The summed E-state index contributed by atoms with van der Waals surface area (Å²) in [6, 6.07) is 3.52. The zero-order valence-corrected chi connectivity index (χ0v) is 25.7. The van der Waals surface area contributed by atoms with Crippen molar-refractivity contribution in [2.45, 2.75) is 96.5 Å². The molecule has 4 aliphatic carbocycles. The van der Waals surface area contributed by atoms with Crippen molar-refractivity contribution in [3.05, 3.63) is 28.8 Å². The van der Waals surface area contributed by atoms with Crippen LogP contribution >= 0.6 is 0 Å². The topological polar surface area (TPSA) is 155 Å². The third kappa shape index (κ3) is 4.88. The second-order valence-corrected chi connectivity index (χ2v) is 14.2. The lowest BCUT2D eigenvalue weighted by Gasteiger charge is -2.54. The summed E-state index contributed by atoms with van der Waals surface area (Å²) in [5.41, 5.74) is -2.27. The first-order valence-electron chi connectivity index (χ1n) is 15.7. The number of nitrogens with one attached hydrogen (secondary N) is 1. The van der Waals surface area contributed by atoms with Gasteiger partial charge in [-0.3, -0.25) is 28.8 Å². The zero-order valence-electron chi connectivity index (χ0n) is 25.7. The molecule has 0 saturated heterocycles. The number of rotatable bonds is 6. The van der Waals surface area contributed by atoms with Crippen LogP contribution in [0.2, 0.25) is 0 Å². The Bertz CT molecular complexity index is 1400. The van der Waals surface area contributed by atoms with E-state index in [9.17, 15) is 39.0 Å². The van der Waals surface area contributed by atoms with E-state index in [4.69, 9.17) is 0 Å². The summed E-state index contributed by atoms with van der Waals surface area (Å²) in [5.74, 6) is -11.4. The number of ketones is 5. The average molecular weight is 594 g/mol. The fraction of sp³-hybridized carbons (Fsp3) is 0.647. The van der Waals surface area contributed by atoms with E-state index < -0.39 is 82.0 Å². The van der Waals surface area contributed by atoms with Gasteiger partial charge in [0.25, 0.3) is 0 Å². The first kappa shape index (κ1) is 31.2. The molecule has 3 fully saturated rings. The van der Waals surface area contributed by atoms with E-state index >= 15 is 0 Å². The summed E-state index contributed by atoms with van der Waals surface area (Å²) in [7, 11) is 0. The highest BCUT2D eigenvalue weighted by Crippen LogP contribution is 2.58. The van der Waals surface area contributed by atoms with Crippen molar-refractivity contribution in [1.82, 2.24) is 5.32 Å². The minimum Gasteiger partial charge on any atom is -0.507 e. The second-order valence-electron chi connectivity index (χ2n) is 14.2. The van der Waals surface area contributed by atoms with E-state index in [0.717, 1.165) is 25.7 Å². The lowest BCUT2D eigenvalue weighted by molar-refractivity contribution is -0.183. The van der Waals surface area contributed by atoms with Gasteiger partial charge < -0.3 is 15.5 Å². The molecule has 2 unspecified atom stereocenters. The molecule has 1 aromatic rings. The molecule has 0 aromatic heterocycles. The van der Waals surface area contributed by atoms with Gasteiger partial charge in [0.05, 0.1) is 11.5 Å². The number of aliphatic hydroxyl groups is 1. The largest absolute Gasteiger partial charge is 0.507 e. The summed E-state index contributed by atoms with van der Waals surface area (Å²) in [4.78, 5) is 82.1. The molecule has 4 aliphatic rings. The standard InChI is InChI=1S/C34H43NO8/c1-6-18(36)13-20-22-14-23(37)26(32(42)35-15-17-9-7-8-10-17)30(40)34(22,43)31(41)27-24(20)16(2)19-11-12-21(33(3,4)5)28(38)25(19)29(27)39/h11-12,16-17,20,22,24,26-27,38,43H,6-10,13-15H2,1-5H3,(H,35,42)/t16-,20+,22+,24-,26?,27?,34+/m0/s1. The molecule has 0 heterocycles. The number of hydrogen-bond donors (Lipinski definition) is 3. The maximum absolute atomic E-state index is 14.3. The molecule has 1 aromatic carbocycles. The first-order chi connectivity index (χ1) is 20.1. The predicted octanol–water partition coefficient (Wildman–Crippen LogP) is 3.60. The Morgan fingerprint density at radius 2 is 1.70 bits per heavy atom. The maximum Gasteiger partial charge on any atom is 0.238 e. The van der Waals surface area contributed by atoms with Crippen LogP contribution in [0.1, 0.15) is 107 Å². The molecular weight excluding hydrogens is 550 g/mol. The van der Waals surface area contributed by atoms with Crippen molar-refractivity contribution in [1.29, 1.82) is 0 Å². The molecular formula is C34H43NO8. The van der Waals surface area contributed by atoms with E-state index in [2.05, 4.69) is 5.32 Å². The number of fused-ring (bicyclic) bond motifs is 3. The molecule has 3 saturated carbocycles. The van der Waals surface area contributed by atoms with Crippen LogP contribution in [0.3, 0.4) is 0 Å². The van der Waals surface area contributed by atoms with Gasteiger partial charge in [-0.1, -0.05) is 59.6 Å². The quantitative estimate of drug-likeness (QED) is 0.423. The highest BCUT2D eigenvalue weighted by molar-refractivity contribution is 6.31. The lowest BCUT2D eigenvalue weighted by atomic mass is 9.47. The van der Waals surface area contributed by atoms with Crippen LogP contribution in [0, 0.1) is 35.5 Å². The fourth-order valence-electron chi connectivity index (χ4n) is 8.40. The van der Waals surface area contributed by atoms with Crippen molar-refractivity contribution in [3.8, 4) is 5.75 Å². The van der Waals surface area contributed by atoms with Crippen molar-refractivity contribution in [3.63, 3.8) is 0 Å². The normalized spacial score (nSPS) is 32.7. The summed E-state index contributed by atoms with van der Waals surface area (Å²) in [5, 5.41) is 26.1. The smallest absolute Gasteiger partial charge is 0.238 e. The Kier molecular flexibility index (Phi) is 8.03. The van der Waals surface area contributed by atoms with Gasteiger partial charge in [0.15, 0.2) is 34.7 Å². The minimum absolute atomic E-state index is 0.0117. The van der Waals surface area contributed by atoms with Gasteiger partial charge >= 0.3 is 0 Å². The Labute approximate surface area is 252 Å². The summed E-state index contributed by atoms with van der Waals surface area (Å²) in [6.45, 7) is 9.44. The molecule has 3 N–H and O–H groups in total. The van der Waals surface area contributed by atoms with Gasteiger partial charge in [-0.25, -0.2) is 0 Å². The maximum atomic E-state index is 14.3. The average Bonchev–Trinajstić information content (AvgIpc) is 3.46. The number of aromatic hydroxyl groups is 1. The van der Waals surface area contributed by atoms with Crippen molar-refractivity contribution in [2.75, 3.05) is 6.54 Å². The minimum atomic E-state index is -2.78. The Balaban J connectivity index is 1.59. The van der Waals surface area contributed by atoms with Crippen LogP contribution in [-0.2, 0) is 29.4 Å². The van der Waals surface area contributed by atoms with Gasteiger partial charge in [-0.05, 0) is 53.1 Å². The van der Waals surface area contributed by atoms with Crippen LogP contribution in [-0.4, -0.2) is 57.2 Å². The first-order valence-corrected chi connectivity index (χ1v) is 15.7. The predicted molar refractivity (Wildman–Crippen MR) is 156 cm³/mol. The number of phenols is 1. The molecule has 9 heteroatoms. The van der Waals surface area contributed by atoms with Crippen LogP contribution < -0.4 is 5.32 Å². The highest BCUT2D eigenvalue weighted by atomic mass is 16.3. The third-order valence-corrected chi connectivity index (χ3v) is 10.7.